The van der Waals surface area contributed by atoms with Crippen LogP contribution in [0.1, 0.15) is 35.4 Å². The molecule has 0 unspecified atom stereocenters. The van der Waals surface area contributed by atoms with E-state index in [1.165, 1.54) is 51.2 Å². The maximum atomic E-state index is 11.1. The second-order valence-electron chi connectivity index (χ2n) is 8.52. The lowest BCUT2D eigenvalue weighted by Gasteiger charge is -2.00. The Hall–Kier alpha value is -2.78. The molecule has 0 bridgehead atoms. The van der Waals surface area contributed by atoms with Gasteiger partial charge in [0.25, 0.3) is 0 Å². The van der Waals surface area contributed by atoms with E-state index in [0.29, 0.717) is 13.2 Å². The summed E-state index contributed by atoms with van der Waals surface area (Å²) in [4.78, 5) is 32.7. The molecule has 4 heterocycles. The number of carbonyl (C=O) groups is 2. The van der Waals surface area contributed by atoms with Gasteiger partial charge >= 0.3 is 11.9 Å². The number of aryl methyl sites for hydroxylation is 2. The minimum absolute atomic E-state index is 0.354. The zero-order chi connectivity index (χ0) is 26.7. The average molecular weight is 583 g/mol. The van der Waals surface area contributed by atoms with Gasteiger partial charge in [0.05, 0.1) is 13.2 Å². The minimum atomic E-state index is -0.354. The summed E-state index contributed by atoms with van der Waals surface area (Å²) in [5.41, 5.74) is 0. The highest BCUT2D eigenvalue weighted by Gasteiger charge is 2.12. The molecule has 8 heteroatoms. The molecular formula is C30H30O4S4. The molecule has 0 aromatic carbocycles. The molecule has 38 heavy (non-hydrogen) atoms. The van der Waals surface area contributed by atoms with E-state index in [4.69, 9.17) is 9.47 Å². The fraction of sp³-hybridized carbons (Fsp3) is 0.267. The monoisotopic (exact) mass is 582 g/mol. The Kier molecular flexibility index (Phi) is 10.7. The van der Waals surface area contributed by atoms with Crippen LogP contribution in [0.3, 0.4) is 0 Å². The smallest absolute Gasteiger partial charge is 0.330 e. The number of thiophene rings is 4. The van der Waals surface area contributed by atoms with Crippen LogP contribution in [0.2, 0.25) is 0 Å². The van der Waals surface area contributed by atoms with Crippen molar-refractivity contribution >= 4 is 57.3 Å². The number of ether oxygens (including phenoxy) is 2. The molecule has 4 rings (SSSR count). The fourth-order valence-electron chi connectivity index (χ4n) is 3.76. The van der Waals surface area contributed by atoms with Gasteiger partial charge in [0.1, 0.15) is 0 Å². The van der Waals surface area contributed by atoms with E-state index in [-0.39, 0.29) is 11.9 Å². The van der Waals surface area contributed by atoms with E-state index in [2.05, 4.69) is 61.7 Å². The van der Waals surface area contributed by atoms with E-state index in [0.717, 1.165) is 38.5 Å². The van der Waals surface area contributed by atoms with Crippen LogP contribution in [-0.4, -0.2) is 25.2 Å². The third-order valence-electron chi connectivity index (χ3n) is 5.72. The van der Waals surface area contributed by atoms with Gasteiger partial charge in [-0.1, -0.05) is 13.2 Å². The lowest BCUT2D eigenvalue weighted by molar-refractivity contribution is -0.138. The summed E-state index contributed by atoms with van der Waals surface area (Å²) in [7, 11) is 0. The van der Waals surface area contributed by atoms with Crippen molar-refractivity contribution < 1.29 is 19.1 Å². The molecule has 198 valence electrons. The van der Waals surface area contributed by atoms with Crippen LogP contribution in [0.4, 0.5) is 0 Å². The maximum Gasteiger partial charge on any atom is 0.330 e. The van der Waals surface area contributed by atoms with Crippen LogP contribution < -0.4 is 0 Å². The molecule has 4 nitrogen and oxygen atoms in total. The molecule has 0 fully saturated rings. The molecule has 0 aliphatic carbocycles. The number of carbonyl (C=O) groups excluding carboxylic acids is 2. The van der Waals surface area contributed by atoms with Gasteiger partial charge < -0.3 is 9.47 Å². The van der Waals surface area contributed by atoms with Crippen LogP contribution in [0.25, 0.3) is 29.3 Å². The Morgan fingerprint density at radius 3 is 1.26 bits per heavy atom. The van der Waals surface area contributed by atoms with Crippen molar-refractivity contribution in [3.63, 3.8) is 0 Å². The molecule has 0 aliphatic heterocycles. The summed E-state index contributed by atoms with van der Waals surface area (Å²) >= 11 is 7.36. The van der Waals surface area contributed by atoms with Gasteiger partial charge in [0.15, 0.2) is 0 Å². The highest BCUT2D eigenvalue weighted by Crippen LogP contribution is 2.43. The number of unbranched alkanes of at least 4 members (excludes halogenated alkanes) is 2. The van der Waals surface area contributed by atoms with Crippen LogP contribution >= 0.6 is 45.3 Å². The second-order valence-corrected chi connectivity index (χ2v) is 13.0. The first-order valence-electron chi connectivity index (χ1n) is 12.5. The zero-order valence-electron chi connectivity index (χ0n) is 21.1. The first-order chi connectivity index (χ1) is 18.6. The number of hydrogen-bond acceptors (Lipinski definition) is 8. The molecule has 0 amide bonds. The average Bonchev–Trinajstić information content (AvgIpc) is 3.73. The highest BCUT2D eigenvalue weighted by atomic mass is 32.1. The fourth-order valence-corrected chi connectivity index (χ4v) is 8.14. The standard InChI is InChI=1S/C30H30O4S4/c1-3-29(31)33-19-7-5-9-21-11-13-23(35-21)25-15-17-27(37-25)28-18-16-26(38-28)24-14-12-22(36-24)10-6-8-20-34-30(32)4-2/h3-4,11-18H,1-2,5-10,19-20H2. The van der Waals surface area contributed by atoms with Gasteiger partial charge in [-0.15, -0.1) is 45.3 Å². The highest BCUT2D eigenvalue weighted by molar-refractivity contribution is 7.28. The molecule has 4 aromatic rings. The SMILES string of the molecule is C=CC(=O)OCCCCc1ccc(-c2ccc(-c3ccc(-c4ccc(CCCCOC(=O)C=C)s4)s3)s2)s1. The predicted molar refractivity (Wildman–Crippen MR) is 162 cm³/mol. The van der Waals surface area contributed by atoms with Crippen molar-refractivity contribution in [3.05, 3.63) is 83.6 Å². The van der Waals surface area contributed by atoms with Gasteiger partial charge in [-0.3, -0.25) is 0 Å². The molecule has 0 radical (unpaired) electrons. The molecular weight excluding hydrogens is 553 g/mol. The molecule has 0 saturated carbocycles. The van der Waals surface area contributed by atoms with E-state index >= 15 is 0 Å². The normalized spacial score (nSPS) is 10.8. The Bertz CT molecular complexity index is 1270. The van der Waals surface area contributed by atoms with E-state index in [1.54, 1.807) is 0 Å². The van der Waals surface area contributed by atoms with E-state index in [1.807, 2.05) is 45.3 Å². The van der Waals surface area contributed by atoms with Gasteiger partial charge in [0, 0.05) is 51.2 Å². The minimum Gasteiger partial charge on any atom is -0.463 e. The van der Waals surface area contributed by atoms with Crippen LogP contribution in [-0.2, 0) is 31.9 Å². The van der Waals surface area contributed by atoms with Crippen molar-refractivity contribution in [1.29, 1.82) is 0 Å². The Labute approximate surface area is 239 Å². The van der Waals surface area contributed by atoms with Crippen molar-refractivity contribution in [3.8, 4) is 29.3 Å². The maximum absolute atomic E-state index is 11.1. The molecule has 0 spiro atoms. The Morgan fingerprint density at radius 1 is 0.553 bits per heavy atom. The van der Waals surface area contributed by atoms with Gasteiger partial charge in [-0.2, -0.15) is 0 Å². The third-order valence-corrected chi connectivity index (χ3v) is 10.8. The Balaban J connectivity index is 1.27. The second kappa shape index (κ2) is 14.4. The summed E-state index contributed by atoms with van der Waals surface area (Å²) in [6, 6.07) is 17.7. The lowest BCUT2D eigenvalue weighted by atomic mass is 10.2. The summed E-state index contributed by atoms with van der Waals surface area (Å²) in [6.07, 6.45) is 8.10. The van der Waals surface area contributed by atoms with Crippen molar-refractivity contribution in [2.24, 2.45) is 0 Å². The van der Waals surface area contributed by atoms with Gasteiger partial charge in [-0.25, -0.2) is 9.59 Å². The van der Waals surface area contributed by atoms with Gasteiger partial charge in [-0.05, 0) is 87.1 Å². The first kappa shape index (κ1) is 28.2. The molecule has 0 saturated heterocycles. The summed E-state index contributed by atoms with van der Waals surface area (Å²) < 4.78 is 10.1. The van der Waals surface area contributed by atoms with Crippen molar-refractivity contribution in [1.82, 2.24) is 0 Å². The molecule has 0 aliphatic rings. The zero-order valence-corrected chi connectivity index (χ0v) is 24.4. The van der Waals surface area contributed by atoms with E-state index < -0.39 is 0 Å². The number of hydrogen-bond donors (Lipinski definition) is 0. The topological polar surface area (TPSA) is 52.6 Å². The van der Waals surface area contributed by atoms with Crippen LogP contribution in [0.15, 0.2) is 73.8 Å². The number of esters is 2. The first-order valence-corrected chi connectivity index (χ1v) is 15.8. The van der Waals surface area contributed by atoms with Gasteiger partial charge in [0.2, 0.25) is 0 Å². The Morgan fingerprint density at radius 2 is 0.895 bits per heavy atom. The van der Waals surface area contributed by atoms with Crippen molar-refractivity contribution in [2.45, 2.75) is 38.5 Å². The lowest BCUT2D eigenvalue weighted by Crippen LogP contribution is -2.01. The predicted octanol–water partition coefficient (Wildman–Crippen LogP) is 9.04. The van der Waals surface area contributed by atoms with Crippen LogP contribution in [0.5, 0.6) is 0 Å². The quantitative estimate of drug-likeness (QED) is 0.0797. The summed E-state index contributed by atoms with van der Waals surface area (Å²) in [5, 5.41) is 0. The van der Waals surface area contributed by atoms with E-state index in [9.17, 15) is 9.59 Å². The molecule has 0 N–H and O–H groups in total. The molecule has 0 atom stereocenters. The summed E-state index contributed by atoms with van der Waals surface area (Å²) in [5.74, 6) is -0.709. The third kappa shape index (κ3) is 8.11. The number of rotatable bonds is 15. The largest absolute Gasteiger partial charge is 0.463 e. The molecule has 4 aromatic heterocycles. The van der Waals surface area contributed by atoms with Crippen LogP contribution in [0, 0.1) is 0 Å². The van der Waals surface area contributed by atoms with Crippen molar-refractivity contribution in [2.75, 3.05) is 13.2 Å². The summed E-state index contributed by atoms with van der Waals surface area (Å²) in [6.45, 7) is 7.72.